The topological polar surface area (TPSA) is 58.4 Å². The maximum Gasteiger partial charge on any atom is 0.241 e. The van der Waals surface area contributed by atoms with Crippen LogP contribution in [0.2, 0.25) is 0 Å². The van der Waals surface area contributed by atoms with Gasteiger partial charge >= 0.3 is 0 Å². The molecule has 0 saturated carbocycles. The van der Waals surface area contributed by atoms with Crippen molar-refractivity contribution in [1.29, 1.82) is 0 Å². The smallest absolute Gasteiger partial charge is 0.241 e. The van der Waals surface area contributed by atoms with Gasteiger partial charge in [-0.15, -0.1) is 0 Å². The number of nitrogens with one attached hydrogen (secondary N) is 1. The van der Waals surface area contributed by atoms with Gasteiger partial charge < -0.3 is 16.0 Å². The lowest BCUT2D eigenvalue weighted by Crippen LogP contribution is -2.35. The van der Waals surface area contributed by atoms with E-state index in [2.05, 4.69) is 22.3 Å². The van der Waals surface area contributed by atoms with E-state index in [4.69, 9.17) is 5.73 Å². The van der Waals surface area contributed by atoms with Gasteiger partial charge in [-0.2, -0.15) is 0 Å². The summed E-state index contributed by atoms with van der Waals surface area (Å²) in [4.78, 5) is 14.3. The van der Waals surface area contributed by atoms with Crippen molar-refractivity contribution < 1.29 is 4.79 Å². The van der Waals surface area contributed by atoms with Crippen molar-refractivity contribution in [2.24, 2.45) is 5.73 Å². The molecule has 1 fully saturated rings. The van der Waals surface area contributed by atoms with Gasteiger partial charge in [0.2, 0.25) is 5.91 Å². The van der Waals surface area contributed by atoms with Crippen molar-refractivity contribution >= 4 is 17.3 Å². The molecule has 1 aromatic rings. The molecule has 0 aromatic heterocycles. The fraction of sp³-hybridized carbons (Fsp3) is 0.562. The number of nitrogens with zero attached hydrogens (tertiary/aromatic N) is 1. The number of nitrogens with two attached hydrogens (primary N) is 1. The van der Waals surface area contributed by atoms with Gasteiger partial charge in [0.25, 0.3) is 0 Å². The van der Waals surface area contributed by atoms with Crippen molar-refractivity contribution in [2.45, 2.75) is 45.6 Å². The second-order valence-electron chi connectivity index (χ2n) is 5.58. The highest BCUT2D eigenvalue weighted by molar-refractivity contribution is 5.95. The van der Waals surface area contributed by atoms with Crippen LogP contribution >= 0.6 is 0 Å². The van der Waals surface area contributed by atoms with Crippen LogP contribution in [0.25, 0.3) is 0 Å². The van der Waals surface area contributed by atoms with E-state index in [9.17, 15) is 4.79 Å². The molecule has 3 N–H and O–H groups in total. The zero-order valence-electron chi connectivity index (χ0n) is 12.5. The number of carbonyl (C=O) groups is 1. The maximum atomic E-state index is 11.9. The van der Waals surface area contributed by atoms with Crippen LogP contribution in [0.15, 0.2) is 18.2 Å². The summed E-state index contributed by atoms with van der Waals surface area (Å²) in [7, 11) is 0. The van der Waals surface area contributed by atoms with Gasteiger partial charge in [-0.1, -0.05) is 13.3 Å². The molecule has 0 radical (unpaired) electrons. The molecule has 4 heteroatoms. The fourth-order valence-electron chi connectivity index (χ4n) is 2.63. The molecule has 1 heterocycles. The minimum atomic E-state index is -0.419. The van der Waals surface area contributed by atoms with E-state index in [1.165, 1.54) is 18.5 Å². The molecule has 1 aromatic carbocycles. The van der Waals surface area contributed by atoms with Crippen molar-refractivity contribution in [3.63, 3.8) is 0 Å². The van der Waals surface area contributed by atoms with Crippen LogP contribution in [0.5, 0.6) is 0 Å². The summed E-state index contributed by atoms with van der Waals surface area (Å²) in [5, 5.41) is 2.93. The number of anilines is 2. The number of carbonyl (C=O) groups excluding carboxylic acids is 1. The standard InChI is InChI=1S/C16H25N3O/c1-3-6-14(17)16(20)18-15-8-7-13(11-12(15)2)19-9-4-5-10-19/h7-8,11,14H,3-6,9-10,17H2,1-2H3,(H,18,20)/t14-/m0/s1. The van der Waals surface area contributed by atoms with Crippen molar-refractivity contribution in [3.8, 4) is 0 Å². The average Bonchev–Trinajstić information content (AvgIpc) is 2.95. The Morgan fingerprint density at radius 1 is 1.40 bits per heavy atom. The molecule has 1 aliphatic rings. The third-order valence-electron chi connectivity index (χ3n) is 3.88. The predicted octanol–water partition coefficient (Wildman–Crippen LogP) is 2.66. The molecule has 4 nitrogen and oxygen atoms in total. The minimum Gasteiger partial charge on any atom is -0.372 e. The molecule has 0 bridgehead atoms. The highest BCUT2D eigenvalue weighted by Gasteiger charge is 2.15. The van der Waals surface area contributed by atoms with Gasteiger partial charge in [0, 0.05) is 24.5 Å². The Bertz CT molecular complexity index is 467. The van der Waals surface area contributed by atoms with Crippen molar-refractivity contribution in [1.82, 2.24) is 0 Å². The highest BCUT2D eigenvalue weighted by atomic mass is 16.2. The van der Waals surface area contributed by atoms with Gasteiger partial charge in [-0.25, -0.2) is 0 Å². The largest absolute Gasteiger partial charge is 0.372 e. The Labute approximate surface area is 121 Å². The van der Waals surface area contributed by atoms with E-state index in [-0.39, 0.29) is 5.91 Å². The Morgan fingerprint density at radius 2 is 2.10 bits per heavy atom. The molecule has 0 aliphatic carbocycles. The molecule has 0 spiro atoms. The van der Waals surface area contributed by atoms with Gasteiger partial charge in [-0.05, 0) is 49.9 Å². The van der Waals surface area contributed by atoms with Crippen LogP contribution in [0.4, 0.5) is 11.4 Å². The molecular formula is C16H25N3O. The summed E-state index contributed by atoms with van der Waals surface area (Å²) in [5.41, 5.74) is 9.04. The van der Waals surface area contributed by atoms with Gasteiger partial charge in [-0.3, -0.25) is 4.79 Å². The normalized spacial score (nSPS) is 16.2. The third-order valence-corrected chi connectivity index (χ3v) is 3.88. The minimum absolute atomic E-state index is 0.0936. The summed E-state index contributed by atoms with van der Waals surface area (Å²) < 4.78 is 0. The average molecular weight is 275 g/mol. The molecule has 1 amide bonds. The Hall–Kier alpha value is -1.55. The number of rotatable bonds is 5. The first kappa shape index (κ1) is 14.9. The Kier molecular flexibility index (Phi) is 5.01. The Morgan fingerprint density at radius 3 is 2.70 bits per heavy atom. The summed E-state index contributed by atoms with van der Waals surface area (Å²) in [6.45, 7) is 6.32. The van der Waals surface area contributed by atoms with E-state index in [1.54, 1.807) is 0 Å². The van der Waals surface area contributed by atoms with E-state index in [0.717, 1.165) is 37.2 Å². The zero-order valence-corrected chi connectivity index (χ0v) is 12.5. The summed E-state index contributed by atoms with van der Waals surface area (Å²) in [6.07, 6.45) is 4.17. The summed E-state index contributed by atoms with van der Waals surface area (Å²) >= 11 is 0. The summed E-state index contributed by atoms with van der Waals surface area (Å²) in [5.74, 6) is -0.0936. The molecular weight excluding hydrogens is 250 g/mol. The second-order valence-corrected chi connectivity index (χ2v) is 5.58. The molecule has 110 valence electrons. The van der Waals surface area contributed by atoms with Crippen LogP contribution in [0, 0.1) is 6.92 Å². The lowest BCUT2D eigenvalue weighted by Gasteiger charge is -2.20. The number of aryl methyl sites for hydroxylation is 1. The monoisotopic (exact) mass is 275 g/mol. The van der Waals surface area contributed by atoms with Crippen molar-refractivity contribution in [3.05, 3.63) is 23.8 Å². The summed E-state index contributed by atoms with van der Waals surface area (Å²) in [6, 6.07) is 5.79. The van der Waals surface area contributed by atoms with Gasteiger partial charge in [0.1, 0.15) is 0 Å². The lowest BCUT2D eigenvalue weighted by atomic mass is 10.1. The van der Waals surface area contributed by atoms with E-state index < -0.39 is 6.04 Å². The number of amides is 1. The zero-order chi connectivity index (χ0) is 14.5. The quantitative estimate of drug-likeness (QED) is 0.868. The molecule has 20 heavy (non-hydrogen) atoms. The van der Waals surface area contributed by atoms with E-state index in [1.807, 2.05) is 19.9 Å². The SMILES string of the molecule is CCC[C@H](N)C(=O)Nc1ccc(N2CCCC2)cc1C. The van der Waals surface area contributed by atoms with E-state index in [0.29, 0.717) is 0 Å². The van der Waals surface area contributed by atoms with Gasteiger partial charge in [0.05, 0.1) is 6.04 Å². The molecule has 1 saturated heterocycles. The van der Waals surface area contributed by atoms with Crippen molar-refractivity contribution in [2.75, 3.05) is 23.3 Å². The predicted molar refractivity (Wildman–Crippen MR) is 84.1 cm³/mol. The Balaban J connectivity index is 2.04. The van der Waals surface area contributed by atoms with Crippen LogP contribution in [0.3, 0.4) is 0 Å². The molecule has 1 aliphatic heterocycles. The number of benzene rings is 1. The lowest BCUT2D eigenvalue weighted by molar-refractivity contribution is -0.117. The first-order valence-electron chi connectivity index (χ1n) is 7.54. The molecule has 0 unspecified atom stereocenters. The van der Waals surface area contributed by atoms with Crippen LogP contribution < -0.4 is 16.0 Å². The molecule has 1 atom stereocenters. The van der Waals surface area contributed by atoms with Crippen LogP contribution in [-0.2, 0) is 4.79 Å². The number of hydrogen-bond acceptors (Lipinski definition) is 3. The second kappa shape index (κ2) is 6.75. The number of hydrogen-bond donors (Lipinski definition) is 2. The molecule has 2 rings (SSSR count). The fourth-order valence-corrected chi connectivity index (χ4v) is 2.63. The maximum absolute atomic E-state index is 11.9. The van der Waals surface area contributed by atoms with E-state index >= 15 is 0 Å². The first-order chi connectivity index (χ1) is 9.61. The first-order valence-corrected chi connectivity index (χ1v) is 7.54. The van der Waals surface area contributed by atoms with Crippen LogP contribution in [0.1, 0.15) is 38.2 Å². The third kappa shape index (κ3) is 3.51. The van der Waals surface area contributed by atoms with Gasteiger partial charge in [0.15, 0.2) is 0 Å². The highest BCUT2D eigenvalue weighted by Crippen LogP contribution is 2.25. The van der Waals surface area contributed by atoms with Crippen LogP contribution in [-0.4, -0.2) is 25.0 Å².